The van der Waals surface area contributed by atoms with E-state index in [-0.39, 0.29) is 17.2 Å². The first-order valence-corrected chi connectivity index (χ1v) is 40.0. The number of benzene rings is 15. The number of Topliss-reactive ketones (excluding diaryl/α,β-unsaturated/α-hetero) is 1. The second-order valence-corrected chi connectivity index (χ2v) is 29.3. The predicted octanol–water partition coefficient (Wildman–Crippen LogP) is 28.1. The summed E-state index contributed by atoms with van der Waals surface area (Å²) < 4.78 is 16.1. The van der Waals surface area contributed by atoms with Crippen LogP contribution in [0.2, 0.25) is 0 Å². The van der Waals surface area contributed by atoms with Crippen molar-refractivity contribution in [2.24, 2.45) is 0 Å². The Morgan fingerprint density at radius 1 is 0.256 bits per heavy atom. The predicted molar refractivity (Wildman–Crippen MR) is 486 cm³/mol. The number of nitrogens with zero attached hydrogens (tertiary/aromatic N) is 2. The minimum absolute atomic E-state index is 0.0332. The van der Waals surface area contributed by atoms with Crippen LogP contribution in [0.15, 0.2) is 400 Å². The van der Waals surface area contributed by atoms with Gasteiger partial charge in [0.15, 0.2) is 5.78 Å². The zero-order valence-corrected chi connectivity index (χ0v) is 66.4. The minimum atomic E-state index is -0.287. The smallest absolute Gasteiger partial charge is 0.308 e. The topological polar surface area (TPSA) is 68.3 Å². The zero-order chi connectivity index (χ0) is 80.1. The number of hydrogen-bond acceptors (Lipinski definition) is 7. The van der Waals surface area contributed by atoms with Crippen LogP contribution < -0.4 is 24.0 Å². The van der Waals surface area contributed by atoms with Crippen LogP contribution in [0.4, 0.5) is 34.1 Å². The van der Waals surface area contributed by atoms with Gasteiger partial charge in [0.05, 0.1) is 14.2 Å². The molecular weight excluding hydrogens is 1430 g/mol. The van der Waals surface area contributed by atoms with Crippen LogP contribution in [0.1, 0.15) is 134 Å². The molecule has 0 N–H and O–H groups in total. The molecule has 0 unspecified atom stereocenters. The van der Waals surface area contributed by atoms with Crippen LogP contribution in [-0.2, 0) is 10.2 Å². The van der Waals surface area contributed by atoms with E-state index in [1.807, 2.05) is 60.7 Å². The fourth-order valence-electron chi connectivity index (χ4n) is 15.7. The van der Waals surface area contributed by atoms with Gasteiger partial charge in [-0.2, -0.15) is 0 Å². The monoisotopic (exact) mass is 1520 g/mol. The fraction of sp³-hybridized carbons (Fsp3) is 0.0909. The number of carbonyl (C=O) groups excluding carboxylic acids is 2. The molecule has 7 heteroatoms. The summed E-state index contributed by atoms with van der Waals surface area (Å²) in [5.74, 6) is 2.04. The molecule has 572 valence electrons. The number of ether oxygens (including phenoxy) is 3. The first-order chi connectivity index (χ1) is 57.5. The van der Waals surface area contributed by atoms with E-state index in [9.17, 15) is 9.59 Å². The highest BCUT2D eigenvalue weighted by Gasteiger charge is 2.36. The second kappa shape index (κ2) is 37.5. The number of carbonyl (C=O) groups is 2. The summed E-state index contributed by atoms with van der Waals surface area (Å²) in [5.41, 5.74) is 27.4. The molecule has 0 heterocycles. The Bertz CT molecular complexity index is 5810. The minimum Gasteiger partial charge on any atom is -0.497 e. The third kappa shape index (κ3) is 19.1. The molecule has 7 nitrogen and oxygen atoms in total. The Balaban J connectivity index is 0.000000381. The molecular formula is C110H92N2O5. The number of anilines is 6. The van der Waals surface area contributed by atoms with Gasteiger partial charge in [0.1, 0.15) is 17.2 Å². The van der Waals surface area contributed by atoms with Gasteiger partial charge < -0.3 is 24.0 Å². The van der Waals surface area contributed by atoms with Gasteiger partial charge in [0, 0.05) is 52.0 Å². The molecule has 117 heavy (non-hydrogen) atoms. The van der Waals surface area contributed by atoms with E-state index in [4.69, 9.17) is 14.2 Å². The van der Waals surface area contributed by atoms with E-state index < -0.39 is 0 Å². The van der Waals surface area contributed by atoms with Crippen molar-refractivity contribution in [1.82, 2.24) is 0 Å². The first-order valence-electron chi connectivity index (χ1n) is 40.0. The number of rotatable bonds is 24. The quantitative estimate of drug-likeness (QED) is 0.0258. The third-order valence-corrected chi connectivity index (χ3v) is 21.7. The Hall–Kier alpha value is -14.4. The summed E-state index contributed by atoms with van der Waals surface area (Å²) in [5, 5.41) is 0. The van der Waals surface area contributed by atoms with Gasteiger partial charge in [-0.1, -0.05) is 298 Å². The summed E-state index contributed by atoms with van der Waals surface area (Å²) in [6, 6.07) is 140. The third-order valence-electron chi connectivity index (χ3n) is 21.7. The highest BCUT2D eigenvalue weighted by Crippen LogP contribution is 2.47. The van der Waals surface area contributed by atoms with E-state index in [0.29, 0.717) is 11.3 Å². The lowest BCUT2D eigenvalue weighted by atomic mass is 9.65. The molecule has 0 spiro atoms. The summed E-state index contributed by atoms with van der Waals surface area (Å²) in [6.45, 7) is 3.03. The second-order valence-electron chi connectivity index (χ2n) is 29.3. The number of esters is 1. The number of hydrogen-bond donors (Lipinski definition) is 0. The first kappa shape index (κ1) is 77.9. The van der Waals surface area contributed by atoms with Crippen LogP contribution >= 0.6 is 0 Å². The van der Waals surface area contributed by atoms with E-state index >= 15 is 0 Å². The van der Waals surface area contributed by atoms with Gasteiger partial charge in [0.25, 0.3) is 0 Å². The number of methoxy groups -OCH3 is 2. The molecule has 0 aromatic heterocycles. The van der Waals surface area contributed by atoms with Crippen LogP contribution in [0.3, 0.4) is 0 Å². The van der Waals surface area contributed by atoms with Gasteiger partial charge in [0.2, 0.25) is 0 Å². The molecule has 16 rings (SSSR count). The maximum Gasteiger partial charge on any atom is 0.308 e. The van der Waals surface area contributed by atoms with Gasteiger partial charge in [-0.15, -0.1) is 0 Å². The Morgan fingerprint density at radius 3 is 0.726 bits per heavy atom. The SMILES string of the molecule is COc1ccc(C2(c3ccc(OC(C)=O)cc3)CCCCC2)cc1.COc1ccc(N(c2ccc(C=C(c3ccccc3)c3ccccc3)cc2)c2ccc(C=C(c3ccccc3)c3ccc(C(=Cc4ccc(N(c5ccc(C=C(c6ccccc6)c6ccccc6)cc5)c5ccc(C(C)=O)cc5)cc4)c4ccccc4)cc3)cc2)cc1. The van der Waals surface area contributed by atoms with Crippen LogP contribution in [-0.4, -0.2) is 26.0 Å². The van der Waals surface area contributed by atoms with E-state index in [1.54, 1.807) is 21.1 Å². The fourth-order valence-corrected chi connectivity index (χ4v) is 15.7. The Morgan fingerprint density at radius 2 is 0.479 bits per heavy atom. The highest BCUT2D eigenvalue weighted by molar-refractivity contribution is 5.98. The zero-order valence-electron chi connectivity index (χ0n) is 66.4. The van der Waals surface area contributed by atoms with Crippen molar-refractivity contribution in [3.63, 3.8) is 0 Å². The van der Waals surface area contributed by atoms with Gasteiger partial charge in [-0.05, 0) is 266 Å². The molecule has 15 aromatic carbocycles. The van der Waals surface area contributed by atoms with E-state index in [2.05, 4.69) is 374 Å². The molecule has 0 amide bonds. The molecule has 0 atom stereocenters. The van der Waals surface area contributed by atoms with Gasteiger partial charge in [-0.3, -0.25) is 9.59 Å². The molecule has 1 fully saturated rings. The average molecular weight is 1520 g/mol. The van der Waals surface area contributed by atoms with Crippen molar-refractivity contribution in [2.45, 2.75) is 51.4 Å². The van der Waals surface area contributed by atoms with Crippen LogP contribution in [0.25, 0.3) is 46.6 Å². The van der Waals surface area contributed by atoms with Gasteiger partial charge >= 0.3 is 5.97 Å². The van der Waals surface area contributed by atoms with Crippen molar-refractivity contribution < 1.29 is 23.8 Å². The summed E-state index contributed by atoms with van der Waals surface area (Å²) in [6.07, 6.45) is 15.2. The lowest BCUT2D eigenvalue weighted by Gasteiger charge is -2.38. The number of ketones is 1. The maximum atomic E-state index is 12.4. The normalized spacial score (nSPS) is 12.3. The summed E-state index contributed by atoms with van der Waals surface area (Å²) in [7, 11) is 3.39. The molecule has 0 aliphatic heterocycles. The van der Waals surface area contributed by atoms with Crippen molar-refractivity contribution in [1.29, 1.82) is 0 Å². The molecule has 1 aliphatic rings. The molecule has 0 saturated heterocycles. The Kier molecular flexibility index (Phi) is 25.0. The standard InChI is InChI=1S/C89H68N2O2.C21H24O3/c1-65(92)70-45-55-83(56-46-70)90(79-47-33-66(34-48-79)61-86(71-21-9-3-10-22-71)72-23-11-4-12-24-72)80-49-37-68(38-50-80)63-88(75-29-17-7-18-30-75)77-41-43-78(44-42-77)89(76-31-19-8-20-32-76)64-69-39-53-82(54-40-69)91(84-57-59-85(93-2)60-58-84)81-51-35-67(36-52-81)62-87(73-25-13-5-14-26-73)74-27-15-6-16-28-74;1-16(22)24-20-12-8-18(9-13-20)21(14-4-3-5-15-21)17-6-10-19(23-2)11-7-17/h3-64H,1-2H3;6-13H,3-5,14-15H2,1-2H3. The molecule has 1 aliphatic carbocycles. The molecule has 0 radical (unpaired) electrons. The molecule has 0 bridgehead atoms. The van der Waals surface area contributed by atoms with Crippen molar-refractivity contribution in [3.8, 4) is 17.2 Å². The lowest BCUT2D eigenvalue weighted by Crippen LogP contribution is -2.30. The highest BCUT2D eigenvalue weighted by atomic mass is 16.5. The van der Waals surface area contributed by atoms with E-state index in [1.165, 1.54) is 54.0 Å². The van der Waals surface area contributed by atoms with Crippen LogP contribution in [0.5, 0.6) is 17.2 Å². The van der Waals surface area contributed by atoms with Crippen molar-refractivity contribution in [2.75, 3.05) is 24.0 Å². The largest absolute Gasteiger partial charge is 0.497 e. The molecule has 1 saturated carbocycles. The maximum absolute atomic E-state index is 12.4. The molecule has 15 aromatic rings. The van der Waals surface area contributed by atoms with Crippen molar-refractivity contribution >= 4 is 92.5 Å². The lowest BCUT2D eigenvalue weighted by molar-refractivity contribution is -0.131. The Labute approximate surface area is 688 Å². The summed E-state index contributed by atoms with van der Waals surface area (Å²) >= 11 is 0. The van der Waals surface area contributed by atoms with Gasteiger partial charge in [-0.25, -0.2) is 0 Å². The summed E-state index contributed by atoms with van der Waals surface area (Å²) in [4.78, 5) is 28.1. The van der Waals surface area contributed by atoms with Crippen LogP contribution in [0, 0.1) is 0 Å². The van der Waals surface area contributed by atoms with Crippen molar-refractivity contribution in [3.05, 3.63) is 484 Å². The van der Waals surface area contributed by atoms with E-state index in [0.717, 1.165) is 131 Å². The average Bonchev–Trinajstić information content (AvgIpc) is 0.770.